The van der Waals surface area contributed by atoms with E-state index in [2.05, 4.69) is 28.6 Å². The quantitative estimate of drug-likeness (QED) is 0.832. The molecule has 1 amide bonds. The molecule has 1 aromatic carbocycles. The lowest BCUT2D eigenvalue weighted by molar-refractivity contribution is -0.117. The number of hydrogen-bond donors (Lipinski definition) is 1. The summed E-state index contributed by atoms with van der Waals surface area (Å²) < 4.78 is 5.05. The lowest BCUT2D eigenvalue weighted by Crippen LogP contribution is -2.39. The highest BCUT2D eigenvalue weighted by Crippen LogP contribution is 2.32. The van der Waals surface area contributed by atoms with Crippen LogP contribution in [0, 0.1) is 0 Å². The van der Waals surface area contributed by atoms with Gasteiger partial charge in [0, 0.05) is 17.5 Å². The average Bonchev–Trinajstić information content (AvgIpc) is 3.07. The van der Waals surface area contributed by atoms with Gasteiger partial charge >= 0.3 is 5.97 Å². The zero-order valence-electron chi connectivity index (χ0n) is 14.5. The minimum atomic E-state index is -0.423. The molecule has 1 aromatic heterocycles. The van der Waals surface area contributed by atoms with Crippen LogP contribution >= 0.6 is 11.3 Å². The average molecular weight is 358 g/mol. The molecule has 0 fully saturated rings. The van der Waals surface area contributed by atoms with Crippen LogP contribution < -0.4 is 5.32 Å². The molecule has 1 aliphatic rings. The normalized spacial score (nSPS) is 17.0. The van der Waals surface area contributed by atoms with E-state index in [4.69, 9.17) is 4.74 Å². The molecule has 5 nitrogen and oxygen atoms in total. The number of anilines is 1. The van der Waals surface area contributed by atoms with Crippen molar-refractivity contribution in [3.63, 3.8) is 0 Å². The predicted octanol–water partition coefficient (Wildman–Crippen LogP) is 3.48. The van der Waals surface area contributed by atoms with E-state index in [1.165, 1.54) is 10.4 Å². The van der Waals surface area contributed by atoms with Crippen molar-refractivity contribution in [2.45, 2.75) is 26.3 Å². The molecular weight excluding hydrogens is 336 g/mol. The Morgan fingerprint density at radius 2 is 2.12 bits per heavy atom. The van der Waals surface area contributed by atoms with E-state index < -0.39 is 5.97 Å². The van der Waals surface area contributed by atoms with E-state index in [1.807, 2.05) is 0 Å². The molecule has 2 aromatic rings. The van der Waals surface area contributed by atoms with Crippen molar-refractivity contribution in [3.05, 3.63) is 51.7 Å². The van der Waals surface area contributed by atoms with Crippen molar-refractivity contribution in [1.82, 2.24) is 4.90 Å². The van der Waals surface area contributed by atoms with Crippen LogP contribution in [-0.4, -0.2) is 36.5 Å². The Morgan fingerprint density at radius 1 is 1.32 bits per heavy atom. The summed E-state index contributed by atoms with van der Waals surface area (Å²) in [5, 5.41) is 4.97. The van der Waals surface area contributed by atoms with Crippen LogP contribution in [0.25, 0.3) is 0 Å². The van der Waals surface area contributed by atoms with E-state index in [1.54, 1.807) is 42.5 Å². The fraction of sp³-hybridized carbons (Fsp3) is 0.368. The zero-order valence-corrected chi connectivity index (χ0v) is 15.3. The molecule has 0 aliphatic carbocycles. The highest BCUT2D eigenvalue weighted by Gasteiger charge is 2.26. The molecule has 0 saturated carbocycles. The number of benzene rings is 1. The van der Waals surface area contributed by atoms with Gasteiger partial charge in [-0.15, -0.1) is 11.3 Å². The number of esters is 1. The van der Waals surface area contributed by atoms with E-state index in [9.17, 15) is 9.59 Å². The molecule has 1 aliphatic heterocycles. The van der Waals surface area contributed by atoms with Crippen LogP contribution in [0.2, 0.25) is 0 Å². The van der Waals surface area contributed by atoms with Gasteiger partial charge in [0.05, 0.1) is 24.4 Å². The van der Waals surface area contributed by atoms with Crippen LogP contribution in [-0.2, 0) is 16.0 Å². The van der Waals surface area contributed by atoms with Gasteiger partial charge in [0.2, 0.25) is 5.91 Å². The predicted molar refractivity (Wildman–Crippen MR) is 99.0 cm³/mol. The van der Waals surface area contributed by atoms with Gasteiger partial charge < -0.3 is 10.1 Å². The zero-order chi connectivity index (χ0) is 17.8. The van der Waals surface area contributed by atoms with Crippen molar-refractivity contribution >= 4 is 28.9 Å². The molecule has 132 valence electrons. The SMILES string of the molecule is CCOC(=O)c1ccccc1NC(=O)CN1CCc2sccc2[C@@H]1C. The summed E-state index contributed by atoms with van der Waals surface area (Å²) in [6, 6.07) is 9.30. The molecule has 0 unspecified atom stereocenters. The van der Waals surface area contributed by atoms with E-state index in [0.717, 1.165) is 13.0 Å². The first-order chi connectivity index (χ1) is 12.1. The number of amides is 1. The molecule has 1 atom stereocenters. The summed E-state index contributed by atoms with van der Waals surface area (Å²) in [5.41, 5.74) is 2.19. The highest BCUT2D eigenvalue weighted by molar-refractivity contribution is 7.10. The summed E-state index contributed by atoms with van der Waals surface area (Å²) in [7, 11) is 0. The molecule has 1 N–H and O–H groups in total. The maximum absolute atomic E-state index is 12.5. The third-order valence-corrected chi connectivity index (χ3v) is 5.44. The summed E-state index contributed by atoms with van der Waals surface area (Å²) >= 11 is 1.78. The Labute approximate surface area is 151 Å². The number of rotatable bonds is 5. The second-order valence-electron chi connectivity index (χ2n) is 6.01. The smallest absolute Gasteiger partial charge is 0.340 e. The number of thiophene rings is 1. The summed E-state index contributed by atoms with van der Waals surface area (Å²) in [6.07, 6.45) is 0.976. The monoisotopic (exact) mass is 358 g/mol. The van der Waals surface area contributed by atoms with Crippen LogP contribution in [0.15, 0.2) is 35.7 Å². The summed E-state index contributed by atoms with van der Waals surface area (Å²) in [4.78, 5) is 28.1. The van der Waals surface area contributed by atoms with Gasteiger partial charge in [0.25, 0.3) is 0 Å². The minimum absolute atomic E-state index is 0.123. The summed E-state index contributed by atoms with van der Waals surface area (Å²) in [6.45, 7) is 5.35. The molecule has 6 heteroatoms. The Hall–Kier alpha value is -2.18. The second-order valence-corrected chi connectivity index (χ2v) is 7.01. The van der Waals surface area contributed by atoms with E-state index in [0.29, 0.717) is 24.4 Å². The standard InChI is InChI=1S/C19H22N2O3S/c1-3-24-19(23)15-6-4-5-7-16(15)20-18(22)12-21-10-8-17-14(13(21)2)9-11-25-17/h4-7,9,11,13H,3,8,10,12H2,1-2H3,(H,20,22)/t13-/m0/s1. The molecular formula is C19H22N2O3S. The van der Waals surface area contributed by atoms with Crippen molar-refractivity contribution in [3.8, 4) is 0 Å². The first kappa shape index (κ1) is 17.6. The lowest BCUT2D eigenvalue weighted by Gasteiger charge is -2.32. The van der Waals surface area contributed by atoms with Crippen molar-refractivity contribution in [2.24, 2.45) is 0 Å². The van der Waals surface area contributed by atoms with Gasteiger partial charge in [-0.3, -0.25) is 9.69 Å². The third-order valence-electron chi connectivity index (χ3n) is 4.45. The van der Waals surface area contributed by atoms with Crippen LogP contribution in [0.3, 0.4) is 0 Å². The van der Waals surface area contributed by atoms with Crippen LogP contribution in [0.5, 0.6) is 0 Å². The van der Waals surface area contributed by atoms with E-state index in [-0.39, 0.29) is 11.9 Å². The Kier molecular flexibility index (Phi) is 5.50. The number of carbonyl (C=O) groups is 2. The number of carbonyl (C=O) groups excluding carboxylic acids is 2. The Morgan fingerprint density at radius 3 is 2.92 bits per heavy atom. The maximum atomic E-state index is 12.5. The first-order valence-electron chi connectivity index (χ1n) is 8.46. The van der Waals surface area contributed by atoms with Gasteiger partial charge in [-0.25, -0.2) is 4.79 Å². The number of hydrogen-bond acceptors (Lipinski definition) is 5. The Balaban J connectivity index is 1.67. The number of para-hydroxylation sites is 1. The van der Waals surface area contributed by atoms with Crippen molar-refractivity contribution in [1.29, 1.82) is 0 Å². The first-order valence-corrected chi connectivity index (χ1v) is 9.34. The summed E-state index contributed by atoms with van der Waals surface area (Å²) in [5.74, 6) is -0.546. The molecule has 0 bridgehead atoms. The third kappa shape index (κ3) is 3.91. The number of fused-ring (bicyclic) bond motifs is 1. The van der Waals surface area contributed by atoms with Crippen LogP contribution in [0.4, 0.5) is 5.69 Å². The molecule has 0 saturated heterocycles. The number of ether oxygens (including phenoxy) is 1. The minimum Gasteiger partial charge on any atom is -0.462 e. The van der Waals surface area contributed by atoms with Gasteiger partial charge in [-0.1, -0.05) is 12.1 Å². The van der Waals surface area contributed by atoms with Gasteiger partial charge in [-0.2, -0.15) is 0 Å². The topological polar surface area (TPSA) is 58.6 Å². The lowest BCUT2D eigenvalue weighted by atomic mass is 10.0. The molecule has 25 heavy (non-hydrogen) atoms. The number of nitrogens with zero attached hydrogens (tertiary/aromatic N) is 1. The molecule has 2 heterocycles. The van der Waals surface area contributed by atoms with Crippen molar-refractivity contribution < 1.29 is 14.3 Å². The van der Waals surface area contributed by atoms with Gasteiger partial charge in [0.15, 0.2) is 0 Å². The second kappa shape index (κ2) is 7.80. The molecule has 0 radical (unpaired) electrons. The fourth-order valence-corrected chi connectivity index (χ4v) is 4.09. The van der Waals surface area contributed by atoms with Gasteiger partial charge in [-0.05, 0) is 49.4 Å². The van der Waals surface area contributed by atoms with Crippen LogP contribution in [0.1, 0.15) is 40.7 Å². The van der Waals surface area contributed by atoms with E-state index >= 15 is 0 Å². The molecule has 0 spiro atoms. The Bertz CT molecular complexity index is 772. The maximum Gasteiger partial charge on any atom is 0.340 e. The van der Waals surface area contributed by atoms with Crippen molar-refractivity contribution in [2.75, 3.05) is 25.0 Å². The fourth-order valence-electron chi connectivity index (χ4n) is 3.13. The van der Waals surface area contributed by atoms with Gasteiger partial charge in [0.1, 0.15) is 0 Å². The number of nitrogens with one attached hydrogen (secondary N) is 1. The highest BCUT2D eigenvalue weighted by atomic mass is 32.1. The largest absolute Gasteiger partial charge is 0.462 e. The molecule has 3 rings (SSSR count).